The molecule has 2 heterocycles. The van der Waals surface area contributed by atoms with Gasteiger partial charge < -0.3 is 9.84 Å². The van der Waals surface area contributed by atoms with Crippen molar-refractivity contribution in [2.75, 3.05) is 13.1 Å². The molecule has 0 aliphatic carbocycles. The molecule has 3 heteroatoms. The quantitative estimate of drug-likeness (QED) is 0.752. The zero-order valence-electron chi connectivity index (χ0n) is 8.05. The number of hydrogen-bond donors (Lipinski definition) is 1. The third-order valence-corrected chi connectivity index (χ3v) is 2.77. The van der Waals surface area contributed by atoms with Crippen molar-refractivity contribution < 1.29 is 4.52 Å². The molecule has 1 saturated heterocycles. The predicted octanol–water partition coefficient (Wildman–Crippen LogP) is 1.70. The Bertz CT molecular complexity index is 264. The molecule has 0 unspecified atom stereocenters. The number of piperidine rings is 1. The van der Waals surface area contributed by atoms with Crippen LogP contribution >= 0.6 is 0 Å². The Kier molecular flexibility index (Phi) is 2.64. The van der Waals surface area contributed by atoms with Crippen LogP contribution in [0.15, 0.2) is 10.7 Å². The van der Waals surface area contributed by atoms with Gasteiger partial charge in [-0.1, -0.05) is 12.1 Å². The molecule has 0 atom stereocenters. The van der Waals surface area contributed by atoms with E-state index in [4.69, 9.17) is 4.52 Å². The molecule has 1 fully saturated rings. The van der Waals surface area contributed by atoms with Crippen molar-refractivity contribution in [3.63, 3.8) is 0 Å². The Morgan fingerprint density at radius 1 is 1.54 bits per heavy atom. The van der Waals surface area contributed by atoms with Gasteiger partial charge in [0.25, 0.3) is 0 Å². The molecule has 3 nitrogen and oxygen atoms in total. The van der Waals surface area contributed by atoms with Crippen molar-refractivity contribution in [2.45, 2.75) is 32.1 Å². The van der Waals surface area contributed by atoms with Crippen LogP contribution in [0.25, 0.3) is 0 Å². The van der Waals surface area contributed by atoms with Gasteiger partial charge >= 0.3 is 0 Å². The first-order valence-corrected chi connectivity index (χ1v) is 5.06. The Hall–Kier alpha value is -0.830. The summed E-state index contributed by atoms with van der Waals surface area (Å²) < 4.78 is 5.32. The summed E-state index contributed by atoms with van der Waals surface area (Å²) in [6, 6.07) is 0. The fraction of sp³-hybridized carbons (Fsp3) is 0.700. The van der Waals surface area contributed by atoms with Crippen molar-refractivity contribution in [1.82, 2.24) is 10.5 Å². The van der Waals surface area contributed by atoms with E-state index in [9.17, 15) is 0 Å². The van der Waals surface area contributed by atoms with Gasteiger partial charge in [-0.15, -0.1) is 0 Å². The molecule has 1 aromatic heterocycles. The van der Waals surface area contributed by atoms with Crippen LogP contribution in [0.4, 0.5) is 0 Å². The second-order valence-corrected chi connectivity index (χ2v) is 3.59. The molecular weight excluding hydrogens is 164 g/mol. The van der Waals surface area contributed by atoms with E-state index in [-0.39, 0.29) is 0 Å². The molecule has 1 N–H and O–H groups in total. The fourth-order valence-electron chi connectivity index (χ4n) is 1.96. The van der Waals surface area contributed by atoms with Crippen LogP contribution in [-0.2, 0) is 6.42 Å². The van der Waals surface area contributed by atoms with Gasteiger partial charge in [0, 0.05) is 11.5 Å². The summed E-state index contributed by atoms with van der Waals surface area (Å²) in [5.41, 5.74) is 1.28. The van der Waals surface area contributed by atoms with Crippen LogP contribution < -0.4 is 5.32 Å². The highest BCUT2D eigenvalue weighted by Crippen LogP contribution is 2.27. The van der Waals surface area contributed by atoms with Gasteiger partial charge in [0.05, 0.1) is 6.20 Å². The Labute approximate surface area is 78.5 Å². The first kappa shape index (κ1) is 8.75. The van der Waals surface area contributed by atoms with Gasteiger partial charge in [-0.05, 0) is 32.4 Å². The monoisotopic (exact) mass is 180 g/mol. The van der Waals surface area contributed by atoms with Crippen molar-refractivity contribution in [3.8, 4) is 0 Å². The van der Waals surface area contributed by atoms with Crippen LogP contribution in [-0.4, -0.2) is 18.2 Å². The third kappa shape index (κ3) is 1.75. The molecule has 13 heavy (non-hydrogen) atoms. The maximum atomic E-state index is 5.32. The summed E-state index contributed by atoms with van der Waals surface area (Å²) in [5, 5.41) is 7.22. The van der Waals surface area contributed by atoms with E-state index in [1.807, 2.05) is 6.20 Å². The van der Waals surface area contributed by atoms with Crippen molar-refractivity contribution >= 4 is 0 Å². The lowest BCUT2D eigenvalue weighted by Gasteiger charge is -2.20. The van der Waals surface area contributed by atoms with Crippen LogP contribution in [0, 0.1) is 0 Å². The molecule has 0 aromatic carbocycles. The SMILES string of the molecule is CCc1cnoc1C1CCNCC1. The topological polar surface area (TPSA) is 38.1 Å². The Morgan fingerprint density at radius 3 is 3.00 bits per heavy atom. The molecule has 1 aliphatic rings. The highest BCUT2D eigenvalue weighted by molar-refractivity contribution is 5.18. The van der Waals surface area contributed by atoms with Crippen LogP contribution in [0.3, 0.4) is 0 Å². The standard InChI is InChI=1S/C10H16N2O/c1-2-8-7-12-13-10(8)9-3-5-11-6-4-9/h7,9,11H,2-6H2,1H3. The van der Waals surface area contributed by atoms with Gasteiger partial charge in [-0.3, -0.25) is 0 Å². The summed E-state index contributed by atoms with van der Waals surface area (Å²) in [6.45, 7) is 4.36. The lowest BCUT2D eigenvalue weighted by atomic mass is 9.92. The number of aromatic nitrogens is 1. The Morgan fingerprint density at radius 2 is 2.31 bits per heavy atom. The highest BCUT2D eigenvalue weighted by atomic mass is 16.5. The molecule has 0 amide bonds. The number of nitrogens with zero attached hydrogens (tertiary/aromatic N) is 1. The van der Waals surface area contributed by atoms with Gasteiger partial charge in [0.15, 0.2) is 0 Å². The van der Waals surface area contributed by atoms with Crippen LogP contribution in [0.5, 0.6) is 0 Å². The van der Waals surface area contributed by atoms with Crippen molar-refractivity contribution in [1.29, 1.82) is 0 Å². The summed E-state index contributed by atoms with van der Waals surface area (Å²) in [5.74, 6) is 1.72. The van der Waals surface area contributed by atoms with Gasteiger partial charge in [0.1, 0.15) is 5.76 Å². The number of nitrogens with one attached hydrogen (secondary N) is 1. The number of aryl methyl sites for hydroxylation is 1. The molecule has 1 aromatic rings. The summed E-state index contributed by atoms with van der Waals surface area (Å²) in [4.78, 5) is 0. The average Bonchev–Trinajstić information content (AvgIpc) is 2.67. The molecule has 72 valence electrons. The van der Waals surface area contributed by atoms with Gasteiger partial charge in [0.2, 0.25) is 0 Å². The third-order valence-electron chi connectivity index (χ3n) is 2.77. The van der Waals surface area contributed by atoms with Gasteiger partial charge in [-0.2, -0.15) is 0 Å². The van der Waals surface area contributed by atoms with Gasteiger partial charge in [-0.25, -0.2) is 0 Å². The number of rotatable bonds is 2. The number of hydrogen-bond acceptors (Lipinski definition) is 3. The van der Waals surface area contributed by atoms with Crippen LogP contribution in [0.1, 0.15) is 37.0 Å². The van der Waals surface area contributed by atoms with Crippen molar-refractivity contribution in [3.05, 3.63) is 17.5 Å². The summed E-state index contributed by atoms with van der Waals surface area (Å²) in [6.07, 6.45) is 5.25. The molecule has 2 rings (SSSR count). The zero-order valence-corrected chi connectivity index (χ0v) is 8.05. The largest absolute Gasteiger partial charge is 0.361 e. The lowest BCUT2D eigenvalue weighted by molar-refractivity contribution is 0.326. The van der Waals surface area contributed by atoms with Crippen molar-refractivity contribution in [2.24, 2.45) is 0 Å². The normalized spacial score (nSPS) is 19.2. The molecule has 1 aliphatic heterocycles. The lowest BCUT2D eigenvalue weighted by Crippen LogP contribution is -2.26. The maximum absolute atomic E-state index is 5.32. The molecule has 0 bridgehead atoms. The second-order valence-electron chi connectivity index (χ2n) is 3.59. The predicted molar refractivity (Wildman–Crippen MR) is 50.7 cm³/mol. The highest BCUT2D eigenvalue weighted by Gasteiger charge is 2.21. The average molecular weight is 180 g/mol. The zero-order chi connectivity index (χ0) is 9.10. The van der Waals surface area contributed by atoms with E-state index in [0.717, 1.165) is 25.3 Å². The second kappa shape index (κ2) is 3.92. The molecular formula is C10H16N2O. The van der Waals surface area contributed by atoms with E-state index >= 15 is 0 Å². The minimum absolute atomic E-state index is 0.596. The molecule has 0 saturated carbocycles. The minimum Gasteiger partial charge on any atom is -0.361 e. The summed E-state index contributed by atoms with van der Waals surface area (Å²) in [7, 11) is 0. The molecule has 0 radical (unpaired) electrons. The van der Waals surface area contributed by atoms with Crippen LogP contribution in [0.2, 0.25) is 0 Å². The van der Waals surface area contributed by atoms with E-state index < -0.39 is 0 Å². The van der Waals surface area contributed by atoms with E-state index in [2.05, 4.69) is 17.4 Å². The smallest absolute Gasteiger partial charge is 0.143 e. The van der Waals surface area contributed by atoms with E-state index in [0.29, 0.717) is 5.92 Å². The summed E-state index contributed by atoms with van der Waals surface area (Å²) >= 11 is 0. The first-order valence-electron chi connectivity index (χ1n) is 5.06. The van der Waals surface area contributed by atoms with E-state index in [1.54, 1.807) is 0 Å². The molecule has 0 spiro atoms. The minimum atomic E-state index is 0.596. The van der Waals surface area contributed by atoms with E-state index in [1.165, 1.54) is 18.4 Å². The fourth-order valence-corrected chi connectivity index (χ4v) is 1.96. The first-order chi connectivity index (χ1) is 6.42. The Balaban J connectivity index is 2.13. The maximum Gasteiger partial charge on any atom is 0.143 e.